The van der Waals surface area contributed by atoms with Gasteiger partial charge in [-0.05, 0) is 12.8 Å². The van der Waals surface area contributed by atoms with Crippen LogP contribution in [0.3, 0.4) is 0 Å². The molecule has 0 bridgehead atoms. The molecule has 0 aliphatic carbocycles. The number of hydrogen-bond donors (Lipinski definition) is 1. The number of aliphatic hydroxyl groups excluding tert-OH is 1. The molecule has 1 spiro atoms. The topological polar surface area (TPSA) is 90.4 Å². The van der Waals surface area contributed by atoms with E-state index in [0.717, 1.165) is 19.3 Å². The second kappa shape index (κ2) is 8.63. The molecular formula is C24H35N3O5. The van der Waals surface area contributed by atoms with Crippen LogP contribution in [0.2, 0.25) is 0 Å². The van der Waals surface area contributed by atoms with E-state index >= 15 is 0 Å². The monoisotopic (exact) mass is 445 g/mol. The fourth-order valence-corrected chi connectivity index (χ4v) is 6.03. The summed E-state index contributed by atoms with van der Waals surface area (Å²) >= 11 is 0. The van der Waals surface area contributed by atoms with E-state index in [4.69, 9.17) is 4.74 Å². The van der Waals surface area contributed by atoms with E-state index in [1.807, 2.05) is 31.2 Å². The highest BCUT2D eigenvalue weighted by atomic mass is 16.5. The van der Waals surface area contributed by atoms with Crippen molar-refractivity contribution in [3.8, 4) is 0 Å². The van der Waals surface area contributed by atoms with Gasteiger partial charge in [-0.15, -0.1) is 0 Å². The average Bonchev–Trinajstić information content (AvgIpc) is 3.07. The van der Waals surface area contributed by atoms with Gasteiger partial charge in [-0.2, -0.15) is 0 Å². The number of aliphatic hydroxyl groups is 1. The molecule has 1 unspecified atom stereocenters. The fourth-order valence-electron chi connectivity index (χ4n) is 6.03. The van der Waals surface area contributed by atoms with E-state index in [2.05, 4.69) is 6.92 Å². The number of rotatable bonds is 7. The summed E-state index contributed by atoms with van der Waals surface area (Å²) in [5.74, 6) is -2.09. The zero-order valence-electron chi connectivity index (χ0n) is 19.3. The third-order valence-electron chi connectivity index (χ3n) is 7.60. The minimum absolute atomic E-state index is 0.0409. The molecule has 2 saturated heterocycles. The molecule has 8 heteroatoms. The normalized spacial score (nSPS) is 36.3. The van der Waals surface area contributed by atoms with Crippen LogP contribution < -0.4 is 0 Å². The van der Waals surface area contributed by atoms with Gasteiger partial charge < -0.3 is 24.5 Å². The maximum Gasteiger partial charge on any atom is 0.249 e. The molecule has 32 heavy (non-hydrogen) atoms. The molecule has 0 aromatic rings. The second-order valence-corrected chi connectivity index (χ2v) is 9.39. The quantitative estimate of drug-likeness (QED) is 0.466. The largest absolute Gasteiger partial charge is 0.395 e. The molecule has 3 amide bonds. The van der Waals surface area contributed by atoms with Gasteiger partial charge in [-0.25, -0.2) is 0 Å². The van der Waals surface area contributed by atoms with E-state index in [1.165, 1.54) is 4.90 Å². The van der Waals surface area contributed by atoms with Crippen LogP contribution in [0, 0.1) is 11.8 Å². The highest BCUT2D eigenvalue weighted by Gasteiger charge is 2.75. The van der Waals surface area contributed by atoms with Gasteiger partial charge in [0.05, 0.1) is 24.0 Å². The number of hydrogen-bond acceptors (Lipinski definition) is 5. The molecule has 2 fully saturated rings. The Balaban J connectivity index is 1.81. The van der Waals surface area contributed by atoms with Gasteiger partial charge in [0.2, 0.25) is 17.7 Å². The lowest BCUT2D eigenvalue weighted by molar-refractivity contribution is -0.154. The molecule has 4 aliphatic heterocycles. The first-order valence-electron chi connectivity index (χ1n) is 11.9. The lowest BCUT2D eigenvalue weighted by Gasteiger charge is -2.38. The number of likely N-dealkylation sites (N-methyl/N-ethyl adjacent to an activating group) is 1. The van der Waals surface area contributed by atoms with Crippen molar-refractivity contribution in [1.29, 1.82) is 0 Å². The molecule has 4 rings (SSSR count). The Labute approximate surface area is 189 Å². The second-order valence-electron chi connectivity index (χ2n) is 9.39. The van der Waals surface area contributed by atoms with Crippen LogP contribution in [0.25, 0.3) is 0 Å². The molecule has 8 nitrogen and oxygen atoms in total. The van der Waals surface area contributed by atoms with Crippen molar-refractivity contribution in [2.45, 2.75) is 56.8 Å². The van der Waals surface area contributed by atoms with Gasteiger partial charge in [-0.3, -0.25) is 14.4 Å². The maximum absolute atomic E-state index is 13.8. The Hall–Kier alpha value is -2.19. The summed E-state index contributed by atoms with van der Waals surface area (Å²) in [5, 5.41) is 9.70. The first kappa shape index (κ1) is 23.0. The molecule has 4 aliphatic rings. The van der Waals surface area contributed by atoms with Crippen LogP contribution >= 0.6 is 0 Å². The zero-order chi connectivity index (χ0) is 23.1. The number of carbonyl (C=O) groups is 3. The Morgan fingerprint density at radius 3 is 2.44 bits per heavy atom. The molecule has 176 valence electrons. The molecule has 4 heterocycles. The highest BCUT2D eigenvalue weighted by molar-refractivity contribution is 6.00. The maximum atomic E-state index is 13.8. The molecule has 0 aromatic carbocycles. The summed E-state index contributed by atoms with van der Waals surface area (Å²) in [6.07, 6.45) is 11.1. The third kappa shape index (κ3) is 3.22. The van der Waals surface area contributed by atoms with Crippen LogP contribution in [0.5, 0.6) is 0 Å². The first-order valence-corrected chi connectivity index (χ1v) is 11.9. The van der Waals surface area contributed by atoms with Gasteiger partial charge in [0.1, 0.15) is 11.6 Å². The number of nitrogens with zero attached hydrogens (tertiary/aromatic N) is 3. The van der Waals surface area contributed by atoms with Crippen molar-refractivity contribution >= 4 is 17.7 Å². The minimum Gasteiger partial charge on any atom is -0.395 e. The summed E-state index contributed by atoms with van der Waals surface area (Å²) in [6.45, 7) is 5.38. The Morgan fingerprint density at radius 2 is 1.75 bits per heavy atom. The van der Waals surface area contributed by atoms with Gasteiger partial charge in [0.15, 0.2) is 0 Å². The smallest absolute Gasteiger partial charge is 0.249 e. The number of unbranched alkanes of at least 4 members (excludes halogenated alkanes) is 2. The van der Waals surface area contributed by atoms with E-state index < -0.39 is 29.1 Å². The van der Waals surface area contributed by atoms with E-state index in [1.54, 1.807) is 16.8 Å². The molecule has 0 radical (unpaired) electrons. The van der Waals surface area contributed by atoms with E-state index in [9.17, 15) is 19.5 Å². The molecular weight excluding hydrogens is 410 g/mol. The minimum atomic E-state index is -1.22. The molecule has 0 saturated carbocycles. The summed E-state index contributed by atoms with van der Waals surface area (Å²) in [7, 11) is 1.73. The summed E-state index contributed by atoms with van der Waals surface area (Å²) < 4.78 is 6.78. The lowest BCUT2D eigenvalue weighted by Crippen LogP contribution is -2.56. The number of β-amino-alcohol motifs (C(OH)–C–C–N with tert-alkyl or cyclic N) is 1. The highest BCUT2D eigenvalue weighted by Crippen LogP contribution is 2.58. The van der Waals surface area contributed by atoms with Crippen LogP contribution in [-0.4, -0.2) is 94.6 Å². The van der Waals surface area contributed by atoms with Crippen molar-refractivity contribution in [1.82, 2.24) is 14.7 Å². The first-order chi connectivity index (χ1) is 15.4. The van der Waals surface area contributed by atoms with E-state index in [0.29, 0.717) is 26.1 Å². The van der Waals surface area contributed by atoms with Crippen LogP contribution in [0.4, 0.5) is 0 Å². The van der Waals surface area contributed by atoms with Gasteiger partial charge in [0.25, 0.3) is 0 Å². The summed E-state index contributed by atoms with van der Waals surface area (Å²) in [6, 6.07) is -0.880. The van der Waals surface area contributed by atoms with Crippen molar-refractivity contribution in [3.05, 3.63) is 24.3 Å². The van der Waals surface area contributed by atoms with Gasteiger partial charge in [-0.1, -0.05) is 51.0 Å². The van der Waals surface area contributed by atoms with Gasteiger partial charge >= 0.3 is 0 Å². The molecule has 5 atom stereocenters. The van der Waals surface area contributed by atoms with Crippen molar-refractivity contribution < 1.29 is 24.2 Å². The third-order valence-corrected chi connectivity index (χ3v) is 7.60. The standard InChI is InChI=1S/C24H35N3O5/c1-4-6-7-13-26-14-9-11-24-18(21(30)27(15-16-28)19(24)22(26)31)17-20(29)25(3)12-8-10-23(17,5-2)32-24/h8-11,17-19,28H,4-7,12-16H2,1-3H3/t17-,18+,19?,23+,24+/m1/s1. The van der Waals surface area contributed by atoms with Crippen LogP contribution in [-0.2, 0) is 19.1 Å². The zero-order valence-corrected chi connectivity index (χ0v) is 19.3. The van der Waals surface area contributed by atoms with Crippen LogP contribution in [0.15, 0.2) is 24.3 Å². The number of likely N-dealkylation sites (tertiary alicyclic amines) is 1. The Bertz CT molecular complexity index is 841. The average molecular weight is 446 g/mol. The Morgan fingerprint density at radius 1 is 1.00 bits per heavy atom. The van der Waals surface area contributed by atoms with Crippen molar-refractivity contribution in [3.63, 3.8) is 0 Å². The van der Waals surface area contributed by atoms with Crippen LogP contribution in [0.1, 0.15) is 39.5 Å². The number of carbonyl (C=O) groups excluding carboxylic acids is 3. The number of fused-ring (bicyclic) bond motifs is 2. The summed E-state index contributed by atoms with van der Waals surface area (Å²) in [5.41, 5.74) is -2.16. The predicted molar refractivity (Wildman–Crippen MR) is 118 cm³/mol. The molecule has 1 N–H and O–H groups in total. The summed E-state index contributed by atoms with van der Waals surface area (Å²) in [4.78, 5) is 45.9. The fraction of sp³-hybridized carbons (Fsp3) is 0.708. The Kier molecular flexibility index (Phi) is 6.20. The lowest BCUT2D eigenvalue weighted by atomic mass is 9.73. The predicted octanol–water partition coefficient (Wildman–Crippen LogP) is 0.957. The molecule has 0 aromatic heterocycles. The number of amides is 3. The van der Waals surface area contributed by atoms with Gasteiger partial charge in [0, 0.05) is 33.2 Å². The number of ether oxygens (including phenoxy) is 1. The van der Waals surface area contributed by atoms with E-state index in [-0.39, 0.29) is 30.9 Å². The van der Waals surface area contributed by atoms with Crippen molar-refractivity contribution in [2.75, 3.05) is 39.8 Å². The van der Waals surface area contributed by atoms with Crippen molar-refractivity contribution in [2.24, 2.45) is 11.8 Å². The SMILES string of the molecule is CCCCCN1CC=C[C@]23O[C@@]4(CC)C=CCN(C)C(=O)[C@H]4[C@H]2C(=O)N(CCO)C3C1=O.